The van der Waals surface area contributed by atoms with Gasteiger partial charge in [-0.2, -0.15) is 0 Å². The first-order valence-corrected chi connectivity index (χ1v) is 13.1. The Hall–Kier alpha value is -3.93. The maximum absolute atomic E-state index is 13.2. The number of benzene rings is 2. The van der Waals surface area contributed by atoms with Crippen molar-refractivity contribution < 1.29 is 22.8 Å². The average Bonchev–Trinajstić information content (AvgIpc) is 3.50. The Morgan fingerprint density at radius 1 is 1.06 bits per heavy atom. The van der Waals surface area contributed by atoms with Crippen LogP contribution < -0.4 is 5.32 Å². The fourth-order valence-corrected chi connectivity index (χ4v) is 4.72. The van der Waals surface area contributed by atoms with E-state index in [1.165, 1.54) is 12.1 Å². The van der Waals surface area contributed by atoms with Gasteiger partial charge in [-0.05, 0) is 66.1 Å². The Balaban J connectivity index is 1.37. The van der Waals surface area contributed by atoms with Crippen molar-refractivity contribution in [2.24, 2.45) is 0 Å². The molecule has 2 heterocycles. The van der Waals surface area contributed by atoms with Crippen molar-refractivity contribution in [3.05, 3.63) is 59.7 Å². The third kappa shape index (κ3) is 4.56. The number of imide groups is 1. The van der Waals surface area contributed by atoms with Gasteiger partial charge < -0.3 is 5.32 Å². The number of sulfone groups is 1. The van der Waals surface area contributed by atoms with E-state index in [2.05, 4.69) is 20.8 Å². The summed E-state index contributed by atoms with van der Waals surface area (Å²) < 4.78 is 25.4. The van der Waals surface area contributed by atoms with Crippen LogP contribution in [-0.2, 0) is 14.6 Å². The molecule has 0 unspecified atom stereocenters. The second-order valence-corrected chi connectivity index (χ2v) is 11.0. The number of hydrogen-bond donors (Lipinski definition) is 1. The summed E-state index contributed by atoms with van der Waals surface area (Å²) in [7, 11) is -3.44. The van der Waals surface area contributed by atoms with Gasteiger partial charge in [-0.25, -0.2) is 13.1 Å². The van der Waals surface area contributed by atoms with Crippen LogP contribution in [0.15, 0.2) is 48.5 Å². The molecule has 2 aromatic carbocycles. The number of rotatable bonds is 8. The second-order valence-electron chi connectivity index (χ2n) is 8.71. The average molecular weight is 495 g/mol. The molecule has 12 heteroatoms. The van der Waals surface area contributed by atoms with Crippen LogP contribution >= 0.6 is 0 Å². The third-order valence-electron chi connectivity index (χ3n) is 6.00. The molecule has 0 saturated heterocycles. The van der Waals surface area contributed by atoms with E-state index < -0.39 is 33.6 Å². The minimum Gasteiger partial charge on any atom is -0.324 e. The normalized spacial score (nSPS) is 16.3. The van der Waals surface area contributed by atoms with Crippen LogP contribution in [0.2, 0.25) is 0 Å². The van der Waals surface area contributed by atoms with Gasteiger partial charge in [-0.3, -0.25) is 19.3 Å². The summed E-state index contributed by atoms with van der Waals surface area (Å²) in [5.41, 5.74) is 1.57. The van der Waals surface area contributed by atoms with Crippen LogP contribution in [0, 0.1) is 0 Å². The van der Waals surface area contributed by atoms with E-state index in [1.54, 1.807) is 41.1 Å². The van der Waals surface area contributed by atoms with Crippen molar-refractivity contribution in [3.8, 4) is 11.4 Å². The quantitative estimate of drug-likeness (QED) is 0.466. The molecule has 3 aromatic rings. The number of amides is 3. The highest BCUT2D eigenvalue weighted by atomic mass is 32.2. The van der Waals surface area contributed by atoms with Crippen molar-refractivity contribution in [2.75, 3.05) is 17.3 Å². The minimum atomic E-state index is -3.44. The Morgan fingerprint density at radius 3 is 2.26 bits per heavy atom. The molecule has 180 valence electrons. The van der Waals surface area contributed by atoms with Crippen molar-refractivity contribution in [3.63, 3.8) is 0 Å². The topological polar surface area (TPSA) is 144 Å². The number of anilines is 1. The predicted molar refractivity (Wildman–Crippen MR) is 125 cm³/mol. The number of nitrogens with one attached hydrogen (secondary N) is 1. The highest BCUT2D eigenvalue weighted by molar-refractivity contribution is 7.90. The zero-order chi connectivity index (χ0) is 24.7. The first-order valence-electron chi connectivity index (χ1n) is 11.1. The van der Waals surface area contributed by atoms with Crippen LogP contribution in [0.4, 0.5) is 5.69 Å². The van der Waals surface area contributed by atoms with Gasteiger partial charge in [0.25, 0.3) is 11.8 Å². The second kappa shape index (κ2) is 8.69. The number of carbonyl (C=O) groups is 3. The van der Waals surface area contributed by atoms with Crippen LogP contribution in [0.1, 0.15) is 46.0 Å². The monoisotopic (exact) mass is 494 g/mol. The number of tetrazole rings is 1. The van der Waals surface area contributed by atoms with E-state index in [0.717, 1.165) is 29.6 Å². The molecule has 3 amide bonds. The molecule has 0 bridgehead atoms. The van der Waals surface area contributed by atoms with E-state index in [-0.39, 0.29) is 23.3 Å². The maximum Gasteiger partial charge on any atom is 0.262 e. The molecule has 1 atom stereocenters. The summed E-state index contributed by atoms with van der Waals surface area (Å²) in [6.07, 6.45) is 2.88. The number of carbonyl (C=O) groups excluding carboxylic acids is 3. The molecule has 1 fully saturated rings. The predicted octanol–water partition coefficient (Wildman–Crippen LogP) is 1.71. The molecule has 1 aliphatic carbocycles. The smallest absolute Gasteiger partial charge is 0.262 e. The fraction of sp³-hybridized carbons (Fsp3) is 0.304. The lowest BCUT2D eigenvalue weighted by Gasteiger charge is -2.25. The van der Waals surface area contributed by atoms with Crippen molar-refractivity contribution in [1.82, 2.24) is 25.1 Å². The maximum atomic E-state index is 13.2. The lowest BCUT2D eigenvalue weighted by Crippen LogP contribution is -2.48. The van der Waals surface area contributed by atoms with E-state index in [1.807, 2.05) is 0 Å². The van der Waals surface area contributed by atoms with Gasteiger partial charge in [0.2, 0.25) is 5.91 Å². The van der Waals surface area contributed by atoms with Gasteiger partial charge in [-0.15, -0.1) is 5.10 Å². The SMILES string of the molecule is CS(=O)(=O)CC[C@@H](C(=O)Nc1ccc(-c2nnnn2C2CC2)cc1)N1C(=O)c2ccccc2C1=O. The molecule has 11 nitrogen and oxygen atoms in total. The Kier molecular flexibility index (Phi) is 5.67. The van der Waals surface area contributed by atoms with Gasteiger partial charge in [-0.1, -0.05) is 12.1 Å². The van der Waals surface area contributed by atoms with E-state index in [4.69, 9.17) is 0 Å². The first kappa shape index (κ1) is 22.8. The van der Waals surface area contributed by atoms with Crippen molar-refractivity contribution >= 4 is 33.2 Å². The lowest BCUT2D eigenvalue weighted by atomic mass is 10.1. The van der Waals surface area contributed by atoms with Crippen molar-refractivity contribution in [2.45, 2.75) is 31.3 Å². The molecular formula is C23H22N6O5S. The fourth-order valence-electron chi connectivity index (χ4n) is 4.07. The van der Waals surface area contributed by atoms with Gasteiger partial charge in [0.1, 0.15) is 15.9 Å². The Labute approximate surface area is 201 Å². The summed E-state index contributed by atoms with van der Waals surface area (Å²) in [5, 5.41) is 14.6. The van der Waals surface area contributed by atoms with Gasteiger partial charge in [0, 0.05) is 17.5 Å². The number of fused-ring (bicyclic) bond motifs is 1. The Morgan fingerprint density at radius 2 is 1.69 bits per heavy atom. The van der Waals surface area contributed by atoms with Crippen LogP contribution in [0.5, 0.6) is 0 Å². The Bertz CT molecular complexity index is 1390. The summed E-state index contributed by atoms with van der Waals surface area (Å²) in [4.78, 5) is 40.0. The van der Waals surface area contributed by atoms with Crippen LogP contribution in [0.3, 0.4) is 0 Å². The van der Waals surface area contributed by atoms with E-state index in [9.17, 15) is 22.8 Å². The van der Waals surface area contributed by atoms with Gasteiger partial charge >= 0.3 is 0 Å². The molecule has 0 radical (unpaired) electrons. The highest BCUT2D eigenvalue weighted by Crippen LogP contribution is 2.36. The molecule has 2 aliphatic rings. The molecule has 35 heavy (non-hydrogen) atoms. The number of hydrogen-bond acceptors (Lipinski definition) is 8. The molecule has 1 aromatic heterocycles. The number of nitrogens with zero attached hydrogens (tertiary/aromatic N) is 5. The van der Waals surface area contributed by atoms with Crippen LogP contribution in [-0.4, -0.2) is 69.3 Å². The molecule has 1 N–H and O–H groups in total. The van der Waals surface area contributed by atoms with E-state index in [0.29, 0.717) is 17.6 Å². The molecular weight excluding hydrogens is 472 g/mol. The van der Waals surface area contributed by atoms with Crippen LogP contribution in [0.25, 0.3) is 11.4 Å². The standard InChI is InChI=1S/C23H22N6O5S/c1-35(33,34)13-12-19(28-22(31)17-4-2-3-5-18(17)23(28)32)21(30)24-15-8-6-14(7-9-15)20-25-26-27-29(20)16-10-11-16/h2-9,16,19H,10-13H2,1H3,(H,24,30)/t19-/m0/s1. The molecule has 0 spiro atoms. The third-order valence-corrected chi connectivity index (χ3v) is 6.98. The summed E-state index contributed by atoms with van der Waals surface area (Å²) in [6.45, 7) is 0. The molecule has 1 aliphatic heterocycles. The highest BCUT2D eigenvalue weighted by Gasteiger charge is 2.42. The van der Waals surface area contributed by atoms with Gasteiger partial charge in [0.05, 0.1) is 22.9 Å². The number of aromatic nitrogens is 4. The summed E-state index contributed by atoms with van der Waals surface area (Å²) in [6, 6.07) is 12.1. The molecule has 5 rings (SSSR count). The van der Waals surface area contributed by atoms with E-state index >= 15 is 0 Å². The zero-order valence-electron chi connectivity index (χ0n) is 18.8. The molecule has 1 saturated carbocycles. The minimum absolute atomic E-state index is 0.187. The largest absolute Gasteiger partial charge is 0.324 e. The summed E-state index contributed by atoms with van der Waals surface area (Å²) >= 11 is 0. The summed E-state index contributed by atoms with van der Waals surface area (Å²) in [5.74, 6) is -1.63. The first-order chi connectivity index (χ1) is 16.7. The zero-order valence-corrected chi connectivity index (χ0v) is 19.6. The van der Waals surface area contributed by atoms with Gasteiger partial charge in [0.15, 0.2) is 5.82 Å². The van der Waals surface area contributed by atoms with Crippen molar-refractivity contribution in [1.29, 1.82) is 0 Å². The lowest BCUT2D eigenvalue weighted by molar-refractivity contribution is -0.120.